The van der Waals surface area contributed by atoms with E-state index in [0.717, 1.165) is 75.3 Å². The Bertz CT molecular complexity index is 1890. The van der Waals surface area contributed by atoms with Gasteiger partial charge in [-0.05, 0) is 172 Å². The zero-order valence-electron chi connectivity index (χ0n) is 32.1. The Labute approximate surface area is 311 Å². The third-order valence-corrected chi connectivity index (χ3v) is 12.2. The lowest BCUT2D eigenvalue weighted by Gasteiger charge is -2.33. The molecule has 2 aliphatic heterocycles. The fourth-order valence-electron chi connectivity index (χ4n) is 9.59. The van der Waals surface area contributed by atoms with Crippen molar-refractivity contribution in [2.45, 2.75) is 90.4 Å². The quantitative estimate of drug-likeness (QED) is 0.211. The number of fused-ring (bicyclic) bond motifs is 4. The third kappa shape index (κ3) is 7.43. The first-order chi connectivity index (χ1) is 25.4. The van der Waals surface area contributed by atoms with Gasteiger partial charge in [-0.25, -0.2) is 0 Å². The van der Waals surface area contributed by atoms with Gasteiger partial charge in [0, 0.05) is 35.4 Å². The Morgan fingerprint density at radius 2 is 1.12 bits per heavy atom. The number of methoxy groups -OCH3 is 2. The van der Waals surface area contributed by atoms with E-state index >= 15 is 0 Å². The summed E-state index contributed by atoms with van der Waals surface area (Å²) in [7, 11) is 3.61. The number of piperidine rings is 2. The van der Waals surface area contributed by atoms with E-state index in [9.17, 15) is 0 Å². The normalized spacial score (nSPS) is 20.1. The first-order valence-electron chi connectivity index (χ1n) is 19.8. The molecule has 274 valence electrons. The van der Waals surface area contributed by atoms with Gasteiger partial charge in [-0.15, -0.1) is 0 Å². The second-order valence-electron chi connectivity index (χ2n) is 15.5. The summed E-state index contributed by atoms with van der Waals surface area (Å²) in [4.78, 5) is 9.98. The molecule has 0 radical (unpaired) electrons. The van der Waals surface area contributed by atoms with Crippen LogP contribution in [0, 0.1) is 25.7 Å². The van der Waals surface area contributed by atoms with Crippen molar-refractivity contribution < 1.29 is 9.47 Å². The van der Waals surface area contributed by atoms with Crippen molar-refractivity contribution in [3.63, 3.8) is 0 Å². The van der Waals surface area contributed by atoms with Crippen LogP contribution in [0.5, 0.6) is 11.5 Å². The molecule has 6 heteroatoms. The van der Waals surface area contributed by atoms with Crippen molar-refractivity contribution in [1.29, 1.82) is 0 Å². The van der Waals surface area contributed by atoms with Gasteiger partial charge in [0.25, 0.3) is 0 Å². The van der Waals surface area contributed by atoms with Crippen LogP contribution >= 0.6 is 0 Å². The number of nitrogens with zero attached hydrogens (tertiary/aromatic N) is 2. The number of nitrogens with one attached hydrogen (secondary N) is 2. The smallest absolute Gasteiger partial charge is 0.123 e. The SMILES string of the molecule is C=Cc1cnc2c(c1)CCc1cc(C)cc(OC)c1C2C1CCNCC1.CCc1cnc2c(c1)CCc1cc(C)cc(OC)c1C2C1CCNCC1. The first kappa shape index (κ1) is 36.4. The molecule has 2 aliphatic carbocycles. The number of pyridine rings is 2. The lowest BCUT2D eigenvalue weighted by molar-refractivity contribution is 0.329. The zero-order chi connectivity index (χ0) is 36.2. The zero-order valence-corrected chi connectivity index (χ0v) is 32.1. The van der Waals surface area contributed by atoms with E-state index < -0.39 is 0 Å². The number of hydrogen-bond acceptors (Lipinski definition) is 6. The molecular formula is C46H58N4O2. The van der Waals surface area contributed by atoms with Gasteiger partial charge >= 0.3 is 0 Å². The number of benzene rings is 2. The Morgan fingerprint density at radius 1 is 0.654 bits per heavy atom. The van der Waals surface area contributed by atoms with Gasteiger partial charge in [-0.1, -0.05) is 37.8 Å². The van der Waals surface area contributed by atoms with Gasteiger partial charge in [-0.3, -0.25) is 9.97 Å². The number of aromatic nitrogens is 2. The number of rotatable bonds is 6. The Kier molecular flexibility index (Phi) is 11.4. The molecule has 2 fully saturated rings. The maximum absolute atomic E-state index is 5.89. The summed E-state index contributed by atoms with van der Waals surface area (Å²) in [6, 6.07) is 13.8. The highest BCUT2D eigenvalue weighted by Crippen LogP contribution is 2.47. The van der Waals surface area contributed by atoms with Crippen LogP contribution in [0.4, 0.5) is 0 Å². The van der Waals surface area contributed by atoms with Crippen LogP contribution in [0.3, 0.4) is 0 Å². The predicted molar refractivity (Wildman–Crippen MR) is 213 cm³/mol. The van der Waals surface area contributed by atoms with E-state index in [1.165, 1.54) is 87.1 Å². The van der Waals surface area contributed by atoms with Crippen molar-refractivity contribution in [3.8, 4) is 11.5 Å². The van der Waals surface area contributed by atoms with Gasteiger partial charge in [0.1, 0.15) is 11.5 Å². The highest BCUT2D eigenvalue weighted by molar-refractivity contribution is 5.55. The summed E-state index contributed by atoms with van der Waals surface area (Å²) in [5, 5.41) is 7.03. The van der Waals surface area contributed by atoms with Crippen LogP contribution < -0.4 is 20.1 Å². The summed E-state index contributed by atoms with van der Waals surface area (Å²) >= 11 is 0. The standard InChI is InChI=1S/C23H30N2O.C23H28N2O/c2*1-4-16-13-19-6-5-18-11-15(2)12-20(26-3)21(18)22(23(19)25-14-16)17-7-9-24-10-8-17/h11-14,17,22,24H,4-10H2,1-3H3;4,11-14,17,22,24H,1,5-10H2,2-3H3. The molecule has 2 N–H and O–H groups in total. The van der Waals surface area contributed by atoms with Crippen molar-refractivity contribution in [2.24, 2.45) is 11.8 Å². The Balaban J connectivity index is 0.000000162. The molecule has 8 rings (SSSR count). The van der Waals surface area contributed by atoms with Crippen LogP contribution in [-0.4, -0.2) is 50.4 Å². The van der Waals surface area contributed by atoms with E-state index in [-0.39, 0.29) is 0 Å². The highest BCUT2D eigenvalue weighted by Gasteiger charge is 2.36. The molecular weight excluding hydrogens is 641 g/mol. The molecule has 4 heterocycles. The average Bonchev–Trinajstić information content (AvgIpc) is 3.45. The molecule has 0 amide bonds. The largest absolute Gasteiger partial charge is 0.496 e. The molecule has 6 nitrogen and oxygen atoms in total. The maximum Gasteiger partial charge on any atom is 0.123 e. The van der Waals surface area contributed by atoms with Crippen molar-refractivity contribution in [2.75, 3.05) is 40.4 Å². The maximum atomic E-state index is 5.89. The molecule has 2 atom stereocenters. The van der Waals surface area contributed by atoms with Crippen molar-refractivity contribution >= 4 is 6.08 Å². The number of hydrogen-bond donors (Lipinski definition) is 2. The fraction of sp³-hybridized carbons (Fsp3) is 0.478. The summed E-state index contributed by atoms with van der Waals surface area (Å²) in [5.74, 6) is 3.99. The summed E-state index contributed by atoms with van der Waals surface area (Å²) in [6.07, 6.45) is 16.0. The topological polar surface area (TPSA) is 68.3 Å². The van der Waals surface area contributed by atoms with Crippen LogP contribution in [0.25, 0.3) is 6.08 Å². The average molecular weight is 699 g/mol. The van der Waals surface area contributed by atoms with Crippen molar-refractivity contribution in [1.82, 2.24) is 20.6 Å². The minimum absolute atomic E-state index is 0.319. The predicted octanol–water partition coefficient (Wildman–Crippen LogP) is 8.46. The van der Waals surface area contributed by atoms with E-state index in [0.29, 0.717) is 23.7 Å². The van der Waals surface area contributed by atoms with Gasteiger partial charge < -0.3 is 20.1 Å². The molecule has 2 aromatic carbocycles. The summed E-state index contributed by atoms with van der Waals surface area (Å²) in [5.41, 5.74) is 16.1. The molecule has 0 saturated carbocycles. The van der Waals surface area contributed by atoms with Crippen LogP contribution in [0.15, 0.2) is 55.4 Å². The number of aryl methyl sites for hydroxylation is 7. The molecule has 4 aromatic rings. The lowest BCUT2D eigenvalue weighted by atomic mass is 9.76. The minimum atomic E-state index is 0.319. The lowest BCUT2D eigenvalue weighted by Crippen LogP contribution is -2.32. The van der Waals surface area contributed by atoms with Crippen LogP contribution in [0.1, 0.15) is 111 Å². The summed E-state index contributed by atoms with van der Waals surface area (Å²) < 4.78 is 11.8. The highest BCUT2D eigenvalue weighted by atomic mass is 16.5. The molecule has 0 spiro atoms. The van der Waals surface area contributed by atoms with Crippen molar-refractivity contribution in [3.05, 3.63) is 122 Å². The van der Waals surface area contributed by atoms with Gasteiger partial charge in [0.2, 0.25) is 0 Å². The van der Waals surface area contributed by atoms with Gasteiger partial charge in [0.15, 0.2) is 0 Å². The second kappa shape index (κ2) is 16.3. The molecule has 52 heavy (non-hydrogen) atoms. The molecule has 2 aromatic heterocycles. The molecule has 0 bridgehead atoms. The Hall–Kier alpha value is -4.00. The van der Waals surface area contributed by atoms with E-state index in [2.05, 4.69) is 80.6 Å². The fourth-order valence-corrected chi connectivity index (χ4v) is 9.59. The van der Waals surface area contributed by atoms with Crippen LogP contribution in [-0.2, 0) is 32.1 Å². The number of ether oxygens (including phenoxy) is 2. The molecule has 4 aliphatic rings. The molecule has 2 saturated heterocycles. The van der Waals surface area contributed by atoms with Gasteiger partial charge in [0.05, 0.1) is 25.6 Å². The van der Waals surface area contributed by atoms with E-state index in [1.54, 1.807) is 7.11 Å². The van der Waals surface area contributed by atoms with E-state index in [4.69, 9.17) is 19.4 Å². The monoisotopic (exact) mass is 698 g/mol. The molecule has 2 unspecified atom stereocenters. The summed E-state index contributed by atoms with van der Waals surface area (Å²) in [6.45, 7) is 14.9. The van der Waals surface area contributed by atoms with E-state index in [1.807, 2.05) is 19.4 Å². The van der Waals surface area contributed by atoms with Gasteiger partial charge in [-0.2, -0.15) is 0 Å². The van der Waals surface area contributed by atoms with Crippen LogP contribution in [0.2, 0.25) is 0 Å². The minimum Gasteiger partial charge on any atom is -0.496 e. The third-order valence-electron chi connectivity index (χ3n) is 12.2. The second-order valence-corrected chi connectivity index (χ2v) is 15.5. The first-order valence-corrected chi connectivity index (χ1v) is 19.8. The Morgan fingerprint density at radius 3 is 1.58 bits per heavy atom.